The Morgan fingerprint density at radius 2 is 2.12 bits per heavy atom. The molecule has 1 aliphatic heterocycles. The molecule has 2 rings (SSSR count). The third kappa shape index (κ3) is 2.09. The van der Waals surface area contributed by atoms with E-state index in [0.29, 0.717) is 24.8 Å². The summed E-state index contributed by atoms with van der Waals surface area (Å²) in [5.41, 5.74) is 0.437. The van der Waals surface area contributed by atoms with Gasteiger partial charge in [-0.3, -0.25) is 19.3 Å². The van der Waals surface area contributed by atoms with Crippen LogP contribution in [0.15, 0.2) is 11.6 Å². The van der Waals surface area contributed by atoms with Crippen molar-refractivity contribution in [1.82, 2.24) is 4.90 Å². The molecule has 2 aliphatic rings. The first-order chi connectivity index (χ1) is 8.00. The lowest BCUT2D eigenvalue weighted by Crippen LogP contribution is -2.44. The first-order valence-electron chi connectivity index (χ1n) is 5.79. The molecule has 1 aliphatic carbocycles. The van der Waals surface area contributed by atoms with Gasteiger partial charge in [-0.2, -0.15) is 0 Å². The van der Waals surface area contributed by atoms with Crippen LogP contribution in [-0.4, -0.2) is 33.8 Å². The highest BCUT2D eigenvalue weighted by molar-refractivity contribution is 6.16. The molecule has 0 radical (unpaired) electrons. The van der Waals surface area contributed by atoms with E-state index in [0.717, 1.165) is 6.42 Å². The van der Waals surface area contributed by atoms with Crippen molar-refractivity contribution in [2.24, 2.45) is 5.92 Å². The van der Waals surface area contributed by atoms with Crippen LogP contribution in [0.25, 0.3) is 0 Å². The van der Waals surface area contributed by atoms with Crippen molar-refractivity contribution in [3.05, 3.63) is 11.6 Å². The molecular formula is C12H15NO4. The van der Waals surface area contributed by atoms with Gasteiger partial charge < -0.3 is 5.11 Å². The zero-order valence-corrected chi connectivity index (χ0v) is 9.68. The summed E-state index contributed by atoms with van der Waals surface area (Å²) in [6.45, 7) is 1.61. The molecule has 5 nitrogen and oxygen atoms in total. The number of imide groups is 1. The summed E-state index contributed by atoms with van der Waals surface area (Å²) in [6.07, 6.45) is 3.80. The van der Waals surface area contributed by atoms with Crippen molar-refractivity contribution in [3.63, 3.8) is 0 Å². The third-order valence-electron chi connectivity index (χ3n) is 3.49. The largest absolute Gasteiger partial charge is 0.481 e. The van der Waals surface area contributed by atoms with Gasteiger partial charge in [0.05, 0.1) is 5.92 Å². The van der Waals surface area contributed by atoms with Gasteiger partial charge in [-0.15, -0.1) is 0 Å². The molecular weight excluding hydrogens is 222 g/mol. The molecule has 92 valence electrons. The smallest absolute Gasteiger partial charge is 0.306 e. The highest BCUT2D eigenvalue weighted by Crippen LogP contribution is 2.30. The van der Waals surface area contributed by atoms with Crippen molar-refractivity contribution in [2.75, 3.05) is 0 Å². The number of aliphatic carboxylic acids is 1. The van der Waals surface area contributed by atoms with E-state index >= 15 is 0 Å². The number of nitrogens with zero attached hydrogens (tertiary/aromatic N) is 1. The van der Waals surface area contributed by atoms with Gasteiger partial charge in [0.15, 0.2) is 0 Å². The van der Waals surface area contributed by atoms with E-state index in [1.54, 1.807) is 6.92 Å². The van der Waals surface area contributed by atoms with E-state index in [2.05, 4.69) is 0 Å². The standard InChI is InChI=1S/C12H15NO4/c1-7-5-10(14)13(11(7)15)9-4-2-3-8(6-9)12(16)17/h5,8-9H,2-4,6H2,1H3,(H,16,17). The van der Waals surface area contributed by atoms with Gasteiger partial charge in [-0.05, 0) is 26.2 Å². The minimum absolute atomic E-state index is 0.251. The molecule has 1 heterocycles. The van der Waals surface area contributed by atoms with Gasteiger partial charge in [0.2, 0.25) is 0 Å². The predicted octanol–water partition coefficient (Wildman–Crippen LogP) is 0.945. The van der Waals surface area contributed by atoms with Crippen LogP contribution < -0.4 is 0 Å². The van der Waals surface area contributed by atoms with E-state index in [-0.39, 0.29) is 17.9 Å². The van der Waals surface area contributed by atoms with Crippen molar-refractivity contribution < 1.29 is 19.5 Å². The van der Waals surface area contributed by atoms with Gasteiger partial charge in [0.25, 0.3) is 11.8 Å². The van der Waals surface area contributed by atoms with Crippen LogP contribution in [0, 0.1) is 5.92 Å². The molecule has 2 unspecified atom stereocenters. The van der Waals surface area contributed by atoms with E-state index in [9.17, 15) is 14.4 Å². The number of carbonyl (C=O) groups excluding carboxylic acids is 2. The molecule has 2 amide bonds. The first-order valence-corrected chi connectivity index (χ1v) is 5.79. The second-order valence-electron chi connectivity index (χ2n) is 4.70. The molecule has 5 heteroatoms. The summed E-state index contributed by atoms with van der Waals surface area (Å²) in [5, 5.41) is 8.98. The van der Waals surface area contributed by atoms with Crippen molar-refractivity contribution in [1.29, 1.82) is 0 Å². The Bertz CT molecular complexity index is 413. The molecule has 0 aromatic rings. The lowest BCUT2D eigenvalue weighted by Gasteiger charge is -2.32. The summed E-state index contributed by atoms with van der Waals surface area (Å²) in [6, 6.07) is -0.251. The second kappa shape index (κ2) is 4.31. The van der Waals surface area contributed by atoms with Crippen LogP contribution in [-0.2, 0) is 14.4 Å². The number of amides is 2. The maximum atomic E-state index is 11.8. The molecule has 0 aromatic heterocycles. The SMILES string of the molecule is CC1=CC(=O)N(C2CCCC(C(=O)O)C2)C1=O. The van der Waals surface area contributed by atoms with Crippen LogP contribution in [0.4, 0.5) is 0 Å². The maximum absolute atomic E-state index is 11.8. The lowest BCUT2D eigenvalue weighted by molar-refractivity contribution is -0.148. The Morgan fingerprint density at radius 1 is 1.41 bits per heavy atom. The molecule has 0 saturated heterocycles. The average molecular weight is 237 g/mol. The van der Waals surface area contributed by atoms with Gasteiger partial charge >= 0.3 is 5.97 Å². The fourth-order valence-corrected chi connectivity index (χ4v) is 2.58. The third-order valence-corrected chi connectivity index (χ3v) is 3.49. The Kier molecular flexibility index (Phi) is 3.00. The molecule has 1 saturated carbocycles. The Balaban J connectivity index is 2.11. The highest BCUT2D eigenvalue weighted by atomic mass is 16.4. The quantitative estimate of drug-likeness (QED) is 0.725. The monoisotopic (exact) mass is 237 g/mol. The molecule has 1 fully saturated rings. The number of hydrogen-bond acceptors (Lipinski definition) is 3. The second-order valence-corrected chi connectivity index (χ2v) is 4.70. The zero-order valence-electron chi connectivity index (χ0n) is 9.68. The highest BCUT2D eigenvalue weighted by Gasteiger charge is 2.38. The van der Waals surface area contributed by atoms with Gasteiger partial charge in [-0.25, -0.2) is 0 Å². The normalized spacial score (nSPS) is 29.5. The van der Waals surface area contributed by atoms with E-state index in [4.69, 9.17) is 5.11 Å². The van der Waals surface area contributed by atoms with Crippen LogP contribution >= 0.6 is 0 Å². The lowest BCUT2D eigenvalue weighted by atomic mass is 9.85. The number of rotatable bonds is 2. The molecule has 0 aromatic carbocycles. The average Bonchev–Trinajstić information content (AvgIpc) is 2.53. The summed E-state index contributed by atoms with van der Waals surface area (Å²) in [4.78, 5) is 35.6. The van der Waals surface area contributed by atoms with Gasteiger partial charge in [0, 0.05) is 17.7 Å². The Morgan fingerprint density at radius 3 is 2.65 bits per heavy atom. The first kappa shape index (κ1) is 11.8. The molecule has 1 N–H and O–H groups in total. The van der Waals surface area contributed by atoms with Crippen LogP contribution in [0.3, 0.4) is 0 Å². The fraction of sp³-hybridized carbons (Fsp3) is 0.583. The fourth-order valence-electron chi connectivity index (χ4n) is 2.58. The summed E-state index contributed by atoms with van der Waals surface area (Å²) in [7, 11) is 0. The maximum Gasteiger partial charge on any atom is 0.306 e. The summed E-state index contributed by atoms with van der Waals surface area (Å²) >= 11 is 0. The minimum atomic E-state index is -0.835. The molecule has 0 spiro atoms. The van der Waals surface area contributed by atoms with Crippen LogP contribution in [0.1, 0.15) is 32.6 Å². The molecule has 0 bridgehead atoms. The van der Waals surface area contributed by atoms with Crippen molar-refractivity contribution in [3.8, 4) is 0 Å². The topological polar surface area (TPSA) is 74.7 Å². The minimum Gasteiger partial charge on any atom is -0.481 e. The Hall–Kier alpha value is -1.65. The molecule has 2 atom stereocenters. The van der Waals surface area contributed by atoms with Crippen LogP contribution in [0.2, 0.25) is 0 Å². The zero-order chi connectivity index (χ0) is 12.6. The van der Waals surface area contributed by atoms with E-state index in [1.807, 2.05) is 0 Å². The van der Waals surface area contributed by atoms with Crippen molar-refractivity contribution in [2.45, 2.75) is 38.6 Å². The number of carbonyl (C=O) groups is 3. The van der Waals surface area contributed by atoms with E-state index < -0.39 is 11.9 Å². The van der Waals surface area contributed by atoms with Crippen LogP contribution in [0.5, 0.6) is 0 Å². The van der Waals surface area contributed by atoms with E-state index in [1.165, 1.54) is 11.0 Å². The summed E-state index contributed by atoms with van der Waals surface area (Å²) in [5.74, 6) is -1.84. The van der Waals surface area contributed by atoms with Gasteiger partial charge in [0.1, 0.15) is 0 Å². The summed E-state index contributed by atoms with van der Waals surface area (Å²) < 4.78 is 0. The number of hydrogen-bond donors (Lipinski definition) is 1. The Labute approximate surface area is 99.1 Å². The number of carboxylic acid groups (broad SMARTS) is 1. The van der Waals surface area contributed by atoms with Gasteiger partial charge in [-0.1, -0.05) is 6.42 Å². The molecule has 17 heavy (non-hydrogen) atoms. The predicted molar refractivity (Wildman–Crippen MR) is 59.0 cm³/mol. The van der Waals surface area contributed by atoms with Crippen molar-refractivity contribution >= 4 is 17.8 Å². The number of carboxylic acids is 1.